The number of rotatable bonds is 14. The SMILES string of the molecule is CCC(C(=O)c1ncco1)(C1CCN(Cc2ccc3ccccc3c2)CC1)C(CCC(=O)c1ncco1)C1CCN(Cc2cnc3ccccc3c2)CC1. The third-order valence-electron chi connectivity index (χ3n) is 12.4. The topological polar surface area (TPSA) is 106 Å². The quantitative estimate of drug-likeness (QED) is 0.102. The Morgan fingerprint density at radius 3 is 2.07 bits per heavy atom. The molecule has 0 amide bonds. The fourth-order valence-electron chi connectivity index (χ4n) is 9.75. The second-order valence-electron chi connectivity index (χ2n) is 15.3. The molecule has 2 aliphatic heterocycles. The number of piperidine rings is 2. The Labute approximate surface area is 316 Å². The van der Waals surface area contributed by atoms with Gasteiger partial charge < -0.3 is 8.83 Å². The summed E-state index contributed by atoms with van der Waals surface area (Å²) in [7, 11) is 0. The molecule has 54 heavy (non-hydrogen) atoms. The van der Waals surface area contributed by atoms with Gasteiger partial charge in [-0.15, -0.1) is 0 Å². The number of Topliss-reactive ketones (excluding diaryl/α,β-unsaturated/α-hetero) is 2. The van der Waals surface area contributed by atoms with Crippen LogP contribution in [-0.4, -0.2) is 62.5 Å². The number of carbonyl (C=O) groups is 2. The van der Waals surface area contributed by atoms with Gasteiger partial charge in [0.05, 0.1) is 17.9 Å². The van der Waals surface area contributed by atoms with Crippen molar-refractivity contribution in [3.63, 3.8) is 0 Å². The second kappa shape index (κ2) is 16.2. The van der Waals surface area contributed by atoms with Crippen LogP contribution in [0.15, 0.2) is 113 Å². The number of para-hydroxylation sites is 1. The summed E-state index contributed by atoms with van der Waals surface area (Å²) in [5.41, 5.74) is 2.79. The van der Waals surface area contributed by atoms with E-state index in [0.717, 1.165) is 75.9 Å². The molecule has 8 rings (SSSR count). The molecule has 278 valence electrons. The zero-order chi connectivity index (χ0) is 36.9. The third-order valence-corrected chi connectivity index (χ3v) is 12.4. The van der Waals surface area contributed by atoms with Crippen molar-refractivity contribution in [2.24, 2.45) is 23.2 Å². The monoisotopic (exact) mass is 723 g/mol. The number of ketones is 2. The highest BCUT2D eigenvalue weighted by Gasteiger charge is 2.54. The first-order chi connectivity index (χ1) is 26.5. The molecule has 0 saturated carbocycles. The largest absolute Gasteiger partial charge is 0.442 e. The van der Waals surface area contributed by atoms with Gasteiger partial charge in [0.25, 0.3) is 11.8 Å². The van der Waals surface area contributed by atoms with E-state index >= 15 is 4.79 Å². The Morgan fingerprint density at radius 1 is 0.741 bits per heavy atom. The predicted octanol–water partition coefficient (Wildman–Crippen LogP) is 9.05. The van der Waals surface area contributed by atoms with E-state index in [9.17, 15) is 4.79 Å². The highest BCUT2D eigenvalue weighted by atomic mass is 16.4. The van der Waals surface area contributed by atoms with Gasteiger partial charge in [0.2, 0.25) is 11.6 Å². The molecule has 5 heterocycles. The normalized spacial score (nSPS) is 18.2. The maximum absolute atomic E-state index is 15.0. The summed E-state index contributed by atoms with van der Waals surface area (Å²) in [6.07, 6.45) is 13.2. The van der Waals surface area contributed by atoms with Crippen molar-refractivity contribution < 1.29 is 18.4 Å². The minimum Gasteiger partial charge on any atom is -0.442 e. The molecule has 0 spiro atoms. The Bertz CT molecular complexity index is 2170. The molecule has 0 N–H and O–H groups in total. The molecule has 2 saturated heterocycles. The van der Waals surface area contributed by atoms with Crippen LogP contribution in [0.1, 0.15) is 84.4 Å². The van der Waals surface area contributed by atoms with Crippen molar-refractivity contribution in [3.8, 4) is 0 Å². The first-order valence-corrected chi connectivity index (χ1v) is 19.6. The van der Waals surface area contributed by atoms with Crippen molar-refractivity contribution >= 4 is 33.2 Å². The van der Waals surface area contributed by atoms with Crippen LogP contribution in [0.2, 0.25) is 0 Å². The summed E-state index contributed by atoms with van der Waals surface area (Å²) in [4.78, 5) is 46.8. The highest BCUT2D eigenvalue weighted by Crippen LogP contribution is 2.53. The lowest BCUT2D eigenvalue weighted by molar-refractivity contribution is -0.0164. The van der Waals surface area contributed by atoms with Gasteiger partial charge in [-0.05, 0) is 123 Å². The first kappa shape index (κ1) is 36.0. The number of carbonyl (C=O) groups excluding carboxylic acids is 2. The Balaban J connectivity index is 1.04. The molecule has 2 fully saturated rings. The molecule has 0 bridgehead atoms. The van der Waals surface area contributed by atoms with Crippen molar-refractivity contribution in [1.82, 2.24) is 24.8 Å². The van der Waals surface area contributed by atoms with E-state index in [2.05, 4.69) is 87.4 Å². The van der Waals surface area contributed by atoms with Gasteiger partial charge in [-0.3, -0.25) is 24.4 Å². The molecule has 2 unspecified atom stereocenters. The Hall–Kier alpha value is -4.99. The van der Waals surface area contributed by atoms with E-state index in [4.69, 9.17) is 13.8 Å². The number of hydrogen-bond donors (Lipinski definition) is 0. The summed E-state index contributed by atoms with van der Waals surface area (Å²) in [5, 5.41) is 3.66. The second-order valence-corrected chi connectivity index (χ2v) is 15.3. The highest BCUT2D eigenvalue weighted by molar-refractivity contribution is 5.97. The summed E-state index contributed by atoms with van der Waals surface area (Å²) in [5.74, 6) is 0.520. The molecule has 3 aromatic carbocycles. The fraction of sp³-hybridized carbons (Fsp3) is 0.400. The Kier molecular flexibility index (Phi) is 10.8. The van der Waals surface area contributed by atoms with Crippen LogP contribution in [0.25, 0.3) is 21.7 Å². The molecule has 9 heteroatoms. The standard InChI is InChI=1S/C45H49N5O4/c1-2-45(42(52)44-47-20-26-54-44,38-17-23-50(24-18-38)30-32-11-12-34-7-3-4-8-36(34)27-32)39(13-14-41(51)43-46-19-25-53-43)35-15-21-49(22-16-35)31-33-28-37-9-5-6-10-40(37)48-29-33/h3-12,19-20,25-29,35,38-39H,2,13-18,21-24,30-31H2,1H3. The van der Waals surface area contributed by atoms with Crippen molar-refractivity contribution in [3.05, 3.63) is 127 Å². The van der Waals surface area contributed by atoms with Crippen LogP contribution < -0.4 is 0 Å². The van der Waals surface area contributed by atoms with Crippen molar-refractivity contribution in [2.75, 3.05) is 26.2 Å². The lowest BCUT2D eigenvalue weighted by atomic mass is 9.54. The van der Waals surface area contributed by atoms with Crippen molar-refractivity contribution in [1.29, 1.82) is 0 Å². The van der Waals surface area contributed by atoms with Crippen LogP contribution in [0.4, 0.5) is 0 Å². The van der Waals surface area contributed by atoms with Gasteiger partial charge in [-0.2, -0.15) is 0 Å². The lowest BCUT2D eigenvalue weighted by Gasteiger charge is -2.51. The summed E-state index contributed by atoms with van der Waals surface area (Å²) in [6.45, 7) is 7.51. The molecule has 9 nitrogen and oxygen atoms in total. The van der Waals surface area contributed by atoms with E-state index < -0.39 is 5.41 Å². The summed E-state index contributed by atoms with van der Waals surface area (Å²) in [6, 6.07) is 25.7. The number of fused-ring (bicyclic) bond motifs is 2. The van der Waals surface area contributed by atoms with Crippen LogP contribution in [0.5, 0.6) is 0 Å². The van der Waals surface area contributed by atoms with Crippen LogP contribution in [-0.2, 0) is 13.1 Å². The maximum atomic E-state index is 15.0. The Morgan fingerprint density at radius 2 is 1.37 bits per heavy atom. The third kappa shape index (κ3) is 7.52. The summed E-state index contributed by atoms with van der Waals surface area (Å²) < 4.78 is 11.2. The molecular weight excluding hydrogens is 675 g/mol. The number of aromatic nitrogens is 3. The molecular formula is C45H49N5O4. The van der Waals surface area contributed by atoms with E-state index in [1.54, 1.807) is 6.20 Å². The number of pyridine rings is 1. The van der Waals surface area contributed by atoms with E-state index in [1.807, 2.05) is 18.3 Å². The number of benzene rings is 3. The number of nitrogens with zero attached hydrogens (tertiary/aromatic N) is 5. The zero-order valence-corrected chi connectivity index (χ0v) is 31.1. The minimum atomic E-state index is -0.730. The number of oxazole rings is 2. The van der Waals surface area contributed by atoms with Crippen molar-refractivity contribution in [2.45, 2.75) is 65.0 Å². The molecule has 3 aromatic heterocycles. The fourth-order valence-corrected chi connectivity index (χ4v) is 9.75. The molecule has 2 atom stereocenters. The predicted molar refractivity (Wildman–Crippen MR) is 209 cm³/mol. The minimum absolute atomic E-state index is 0.0128. The van der Waals surface area contributed by atoms with Gasteiger partial charge in [-0.25, -0.2) is 9.97 Å². The molecule has 0 radical (unpaired) electrons. The van der Waals surface area contributed by atoms with Gasteiger partial charge in [0.15, 0.2) is 0 Å². The molecule has 0 aliphatic carbocycles. The van der Waals surface area contributed by atoms with Gasteiger partial charge in [0, 0.05) is 36.5 Å². The summed E-state index contributed by atoms with van der Waals surface area (Å²) >= 11 is 0. The maximum Gasteiger partial charge on any atom is 0.263 e. The van der Waals surface area contributed by atoms with Gasteiger partial charge in [0.1, 0.15) is 12.5 Å². The molecule has 2 aliphatic rings. The van der Waals surface area contributed by atoms with E-state index in [1.165, 1.54) is 40.6 Å². The van der Waals surface area contributed by atoms with Crippen LogP contribution >= 0.6 is 0 Å². The van der Waals surface area contributed by atoms with E-state index in [0.29, 0.717) is 12.8 Å². The van der Waals surface area contributed by atoms with Crippen LogP contribution in [0.3, 0.4) is 0 Å². The average Bonchev–Trinajstić information content (AvgIpc) is 3.97. The van der Waals surface area contributed by atoms with Gasteiger partial charge in [-0.1, -0.05) is 61.5 Å². The van der Waals surface area contributed by atoms with E-state index in [-0.39, 0.29) is 47.5 Å². The van der Waals surface area contributed by atoms with Gasteiger partial charge >= 0.3 is 0 Å². The molecule has 6 aromatic rings. The average molecular weight is 724 g/mol. The number of hydrogen-bond acceptors (Lipinski definition) is 9. The van der Waals surface area contributed by atoms with Crippen LogP contribution in [0, 0.1) is 23.2 Å². The zero-order valence-electron chi connectivity index (χ0n) is 31.1. The smallest absolute Gasteiger partial charge is 0.263 e. The first-order valence-electron chi connectivity index (χ1n) is 19.6. The number of likely N-dealkylation sites (tertiary alicyclic amines) is 2. The lowest BCUT2D eigenvalue weighted by Crippen LogP contribution is -2.52.